The van der Waals surface area contributed by atoms with Crippen molar-refractivity contribution in [2.24, 2.45) is 16.2 Å². The van der Waals surface area contributed by atoms with Gasteiger partial charge in [-0.1, -0.05) is 88.0 Å². The van der Waals surface area contributed by atoms with Crippen LogP contribution >= 0.6 is 0 Å². The van der Waals surface area contributed by atoms with Gasteiger partial charge in [-0.15, -0.1) is 0 Å². The van der Waals surface area contributed by atoms with E-state index in [1.54, 1.807) is 0 Å². The zero-order chi connectivity index (χ0) is 29.5. The highest BCUT2D eigenvalue weighted by Crippen LogP contribution is 2.31. The highest BCUT2D eigenvalue weighted by atomic mass is 16.3. The number of hydrogen-bond donors (Lipinski definition) is 3. The molecule has 0 radical (unpaired) electrons. The second-order valence-electron chi connectivity index (χ2n) is 13.2. The molecule has 1 aromatic heterocycles. The van der Waals surface area contributed by atoms with Crippen molar-refractivity contribution in [1.29, 1.82) is 0 Å². The fraction of sp³-hybridized carbons (Fsp3) is 0.897. The molecule has 0 aromatic carbocycles. The van der Waals surface area contributed by atoms with Crippen molar-refractivity contribution in [3.8, 4) is 0 Å². The van der Waals surface area contributed by atoms with Crippen LogP contribution in [-0.4, -0.2) is 47.3 Å². The summed E-state index contributed by atoms with van der Waals surface area (Å²) < 4.78 is 2.66. The number of hydrogen-bond acceptors (Lipinski definition) is 6. The summed E-state index contributed by atoms with van der Waals surface area (Å²) in [5.74, 6) is 0. The van der Waals surface area contributed by atoms with Gasteiger partial charge in [0.15, 0.2) is 0 Å². The Kier molecular flexibility index (Phi) is 12.7. The first-order valence-electron chi connectivity index (χ1n) is 14.4. The number of aliphatic hydroxyl groups excluding tert-OH is 3. The zero-order valence-corrected chi connectivity index (χ0v) is 25.4. The SMILES string of the molecule is CCCC(C)(C)CC(O)Cn1c(=O)n(CC(O)CC(C)(C)CC)c(=O)n(CC(O)CC(C)(CC)CC)c1=O. The van der Waals surface area contributed by atoms with E-state index in [2.05, 4.69) is 13.8 Å². The molecule has 38 heavy (non-hydrogen) atoms. The third-order valence-electron chi connectivity index (χ3n) is 8.46. The molecule has 1 heterocycles. The molecule has 0 aliphatic rings. The second-order valence-corrected chi connectivity index (χ2v) is 13.2. The minimum absolute atomic E-state index is 0.153. The van der Waals surface area contributed by atoms with E-state index < -0.39 is 35.4 Å². The standard InChI is InChI=1S/C29H55N3O6/c1-10-14-28(7,8)16-22(34)19-31-24(36)30(18-21(33)15-27(5,6)11-2)25(37)32(26(31)38)20-23(35)17-29(9,12-3)13-4/h21-23,33-35H,10-20H2,1-9H3. The summed E-state index contributed by atoms with van der Waals surface area (Å²) in [6.45, 7) is 17.5. The molecule has 0 aliphatic heterocycles. The molecule has 3 N–H and O–H groups in total. The van der Waals surface area contributed by atoms with Crippen molar-refractivity contribution in [3.63, 3.8) is 0 Å². The average molecular weight is 542 g/mol. The molecular weight excluding hydrogens is 486 g/mol. The van der Waals surface area contributed by atoms with Crippen LogP contribution in [0.2, 0.25) is 0 Å². The predicted molar refractivity (Wildman–Crippen MR) is 153 cm³/mol. The molecule has 9 heteroatoms. The van der Waals surface area contributed by atoms with Crippen LogP contribution in [-0.2, 0) is 19.6 Å². The molecule has 9 nitrogen and oxygen atoms in total. The van der Waals surface area contributed by atoms with Gasteiger partial charge >= 0.3 is 17.1 Å². The fourth-order valence-corrected chi connectivity index (χ4v) is 5.28. The Bertz CT molecular complexity index is 1050. The van der Waals surface area contributed by atoms with Gasteiger partial charge in [0, 0.05) is 0 Å². The molecule has 3 unspecified atom stereocenters. The van der Waals surface area contributed by atoms with E-state index in [9.17, 15) is 29.7 Å². The molecule has 3 atom stereocenters. The summed E-state index contributed by atoms with van der Waals surface area (Å²) in [6.07, 6.45) is 2.52. The minimum atomic E-state index is -0.975. The quantitative estimate of drug-likeness (QED) is 0.277. The van der Waals surface area contributed by atoms with Gasteiger partial charge in [0.2, 0.25) is 0 Å². The first kappa shape index (κ1) is 34.3. The lowest BCUT2D eigenvalue weighted by Crippen LogP contribution is -2.57. The monoisotopic (exact) mass is 541 g/mol. The van der Waals surface area contributed by atoms with Crippen LogP contribution in [0, 0.1) is 16.2 Å². The summed E-state index contributed by atoms with van der Waals surface area (Å²) in [5.41, 5.74) is -3.08. The third kappa shape index (κ3) is 9.79. The van der Waals surface area contributed by atoms with Crippen LogP contribution in [0.5, 0.6) is 0 Å². The van der Waals surface area contributed by atoms with E-state index in [1.807, 2.05) is 48.5 Å². The second kappa shape index (κ2) is 14.1. The molecule has 0 bridgehead atoms. The van der Waals surface area contributed by atoms with E-state index in [0.717, 1.165) is 45.8 Å². The topological polar surface area (TPSA) is 127 Å². The van der Waals surface area contributed by atoms with E-state index >= 15 is 0 Å². The van der Waals surface area contributed by atoms with Gasteiger partial charge in [-0.25, -0.2) is 28.1 Å². The molecule has 1 rings (SSSR count). The zero-order valence-electron chi connectivity index (χ0n) is 25.4. The Morgan fingerprint density at radius 1 is 0.579 bits per heavy atom. The largest absolute Gasteiger partial charge is 0.391 e. The Labute approximate surface area is 228 Å². The summed E-state index contributed by atoms with van der Waals surface area (Å²) in [7, 11) is 0. The van der Waals surface area contributed by atoms with Crippen LogP contribution in [0.3, 0.4) is 0 Å². The highest BCUT2D eigenvalue weighted by Gasteiger charge is 2.28. The van der Waals surface area contributed by atoms with E-state index in [0.29, 0.717) is 19.3 Å². The lowest BCUT2D eigenvalue weighted by molar-refractivity contribution is 0.0742. The normalized spacial score (nSPS) is 15.5. The molecule has 0 amide bonds. The highest BCUT2D eigenvalue weighted by molar-refractivity contribution is 4.85. The minimum Gasteiger partial charge on any atom is -0.391 e. The summed E-state index contributed by atoms with van der Waals surface area (Å²) in [5, 5.41) is 32.5. The van der Waals surface area contributed by atoms with Crippen molar-refractivity contribution in [3.05, 3.63) is 31.5 Å². The molecule has 0 aliphatic carbocycles. The van der Waals surface area contributed by atoms with Crippen LogP contribution in [0.4, 0.5) is 0 Å². The fourth-order valence-electron chi connectivity index (χ4n) is 5.28. The van der Waals surface area contributed by atoms with Crippen LogP contribution in [0.25, 0.3) is 0 Å². The van der Waals surface area contributed by atoms with Gasteiger partial charge in [0.25, 0.3) is 0 Å². The lowest BCUT2D eigenvalue weighted by Gasteiger charge is -2.30. The summed E-state index contributed by atoms with van der Waals surface area (Å²) in [4.78, 5) is 40.2. The lowest BCUT2D eigenvalue weighted by atomic mass is 9.79. The predicted octanol–water partition coefficient (Wildman–Crippen LogP) is 3.51. The van der Waals surface area contributed by atoms with Crippen molar-refractivity contribution in [1.82, 2.24) is 13.7 Å². The summed E-state index contributed by atoms with van der Waals surface area (Å²) in [6, 6.07) is 0. The van der Waals surface area contributed by atoms with Crippen LogP contribution in [0.1, 0.15) is 114 Å². The Morgan fingerprint density at radius 2 is 0.921 bits per heavy atom. The van der Waals surface area contributed by atoms with Crippen molar-refractivity contribution in [2.75, 3.05) is 0 Å². The molecular formula is C29H55N3O6. The maximum atomic E-state index is 13.4. The maximum absolute atomic E-state index is 13.4. The first-order valence-corrected chi connectivity index (χ1v) is 14.4. The molecule has 0 fully saturated rings. The summed E-state index contributed by atoms with van der Waals surface area (Å²) >= 11 is 0. The molecule has 0 spiro atoms. The number of aliphatic hydroxyl groups is 3. The molecule has 1 aromatic rings. The third-order valence-corrected chi connectivity index (χ3v) is 8.46. The van der Waals surface area contributed by atoms with E-state index in [4.69, 9.17) is 0 Å². The Balaban J connectivity index is 3.54. The number of nitrogens with zero attached hydrogens (tertiary/aromatic N) is 3. The smallest absolute Gasteiger partial charge is 0.336 e. The van der Waals surface area contributed by atoms with Gasteiger partial charge in [0.1, 0.15) is 0 Å². The van der Waals surface area contributed by atoms with Crippen LogP contribution in [0.15, 0.2) is 14.4 Å². The number of rotatable bonds is 17. The molecule has 0 saturated heterocycles. The Hall–Kier alpha value is -1.71. The first-order chi connectivity index (χ1) is 17.4. The Morgan fingerprint density at radius 3 is 1.24 bits per heavy atom. The maximum Gasteiger partial charge on any atom is 0.336 e. The van der Waals surface area contributed by atoms with Gasteiger partial charge in [-0.3, -0.25) is 0 Å². The average Bonchev–Trinajstić information content (AvgIpc) is 2.81. The van der Waals surface area contributed by atoms with Gasteiger partial charge in [-0.05, 0) is 41.9 Å². The molecule has 222 valence electrons. The van der Waals surface area contributed by atoms with E-state index in [-0.39, 0.29) is 35.9 Å². The van der Waals surface area contributed by atoms with Gasteiger partial charge in [-0.2, -0.15) is 0 Å². The van der Waals surface area contributed by atoms with Gasteiger partial charge < -0.3 is 15.3 Å². The van der Waals surface area contributed by atoms with Crippen molar-refractivity contribution >= 4 is 0 Å². The van der Waals surface area contributed by atoms with E-state index in [1.165, 1.54) is 0 Å². The number of aromatic nitrogens is 3. The van der Waals surface area contributed by atoms with Crippen molar-refractivity contribution in [2.45, 2.75) is 152 Å². The van der Waals surface area contributed by atoms with Gasteiger partial charge in [0.05, 0.1) is 37.9 Å². The van der Waals surface area contributed by atoms with Crippen LogP contribution < -0.4 is 17.1 Å². The molecule has 0 saturated carbocycles. The van der Waals surface area contributed by atoms with Crippen molar-refractivity contribution < 1.29 is 15.3 Å².